The number of hydrogen-bond acceptors (Lipinski definition) is 6. The van der Waals surface area contributed by atoms with Crippen LogP contribution in [0.15, 0.2) is 55.2 Å². The van der Waals surface area contributed by atoms with Crippen molar-refractivity contribution in [3.8, 4) is 17.0 Å². The fraction of sp³-hybridized carbons (Fsp3) is 0.348. The number of methoxy groups -OCH3 is 1. The van der Waals surface area contributed by atoms with Gasteiger partial charge in [-0.25, -0.2) is 9.97 Å². The van der Waals surface area contributed by atoms with Gasteiger partial charge in [-0.1, -0.05) is 12.1 Å². The highest BCUT2D eigenvalue weighted by Crippen LogP contribution is 2.28. The maximum Gasteiger partial charge on any atom is 0.180 e. The minimum atomic E-state index is 0.835. The molecule has 1 aromatic carbocycles. The first kappa shape index (κ1) is 19.6. The second kappa shape index (κ2) is 8.39. The number of nitrogens with zero attached hydrogens (tertiary/aromatic N) is 7. The van der Waals surface area contributed by atoms with Crippen LogP contribution in [0.25, 0.3) is 16.9 Å². The van der Waals surface area contributed by atoms with E-state index in [0.717, 1.165) is 67.7 Å². The number of piperazine rings is 1. The molecule has 0 N–H and O–H groups in total. The van der Waals surface area contributed by atoms with Crippen LogP contribution in [-0.2, 0) is 13.1 Å². The van der Waals surface area contributed by atoms with E-state index < -0.39 is 0 Å². The van der Waals surface area contributed by atoms with Crippen molar-refractivity contribution in [2.24, 2.45) is 0 Å². The number of imidazole rings is 1. The third-order valence-electron chi connectivity index (χ3n) is 5.86. The summed E-state index contributed by atoms with van der Waals surface area (Å²) in [7, 11) is 1.69. The van der Waals surface area contributed by atoms with Gasteiger partial charge in [-0.05, 0) is 19.1 Å². The zero-order valence-electron chi connectivity index (χ0n) is 18.0. The van der Waals surface area contributed by atoms with Crippen LogP contribution >= 0.6 is 0 Å². The molecule has 0 spiro atoms. The highest BCUT2D eigenvalue weighted by Gasteiger charge is 2.22. The van der Waals surface area contributed by atoms with E-state index in [1.807, 2.05) is 47.7 Å². The lowest BCUT2D eigenvalue weighted by atomic mass is 10.1. The third kappa shape index (κ3) is 3.86. The molecular formula is C23H27N7O. The molecule has 31 heavy (non-hydrogen) atoms. The van der Waals surface area contributed by atoms with Gasteiger partial charge in [0.05, 0.1) is 25.2 Å². The Hall–Kier alpha value is -3.39. The molecule has 4 aromatic rings. The molecule has 4 heterocycles. The van der Waals surface area contributed by atoms with Gasteiger partial charge in [-0.15, -0.1) is 0 Å². The molecule has 1 saturated heterocycles. The number of hydrogen-bond donors (Lipinski definition) is 0. The quantitative estimate of drug-likeness (QED) is 0.481. The Morgan fingerprint density at radius 2 is 1.94 bits per heavy atom. The van der Waals surface area contributed by atoms with E-state index in [9.17, 15) is 0 Å². The van der Waals surface area contributed by atoms with Gasteiger partial charge in [0, 0.05) is 69.0 Å². The van der Waals surface area contributed by atoms with Gasteiger partial charge in [-0.3, -0.25) is 14.0 Å². The number of benzene rings is 1. The van der Waals surface area contributed by atoms with Crippen LogP contribution in [0.2, 0.25) is 0 Å². The summed E-state index contributed by atoms with van der Waals surface area (Å²) in [6, 6.07) is 8.06. The molecule has 0 radical (unpaired) electrons. The average Bonchev–Trinajstić information content (AvgIpc) is 3.46. The molecule has 0 atom stereocenters. The number of rotatable bonds is 6. The average molecular weight is 418 g/mol. The van der Waals surface area contributed by atoms with Crippen LogP contribution in [0.1, 0.15) is 12.5 Å². The highest BCUT2D eigenvalue weighted by molar-refractivity contribution is 5.72. The third-order valence-corrected chi connectivity index (χ3v) is 5.86. The zero-order chi connectivity index (χ0) is 21.2. The van der Waals surface area contributed by atoms with Crippen LogP contribution in [0.4, 0.5) is 5.82 Å². The van der Waals surface area contributed by atoms with Crippen molar-refractivity contribution in [2.75, 3.05) is 38.2 Å². The first-order valence-electron chi connectivity index (χ1n) is 10.7. The molecule has 8 heteroatoms. The number of anilines is 1. The molecule has 1 fully saturated rings. The summed E-state index contributed by atoms with van der Waals surface area (Å²) in [4.78, 5) is 14.2. The minimum absolute atomic E-state index is 0.835. The van der Waals surface area contributed by atoms with Crippen LogP contribution in [0.3, 0.4) is 0 Å². The smallest absolute Gasteiger partial charge is 0.180 e. The molecule has 0 amide bonds. The van der Waals surface area contributed by atoms with Gasteiger partial charge in [0.1, 0.15) is 5.75 Å². The molecule has 160 valence electrons. The lowest BCUT2D eigenvalue weighted by Crippen LogP contribution is -2.46. The van der Waals surface area contributed by atoms with Crippen LogP contribution in [0, 0.1) is 0 Å². The Kier molecular flexibility index (Phi) is 5.30. The van der Waals surface area contributed by atoms with Gasteiger partial charge in [0.2, 0.25) is 0 Å². The topological polar surface area (TPSA) is 63.7 Å². The van der Waals surface area contributed by atoms with Crippen molar-refractivity contribution >= 4 is 11.5 Å². The first-order valence-corrected chi connectivity index (χ1v) is 10.7. The molecule has 5 rings (SSSR count). The van der Waals surface area contributed by atoms with Crippen molar-refractivity contribution in [2.45, 2.75) is 20.0 Å². The predicted molar refractivity (Wildman–Crippen MR) is 120 cm³/mol. The number of ether oxygens (including phenoxy) is 1. The van der Waals surface area contributed by atoms with Crippen molar-refractivity contribution in [1.82, 2.24) is 29.0 Å². The fourth-order valence-corrected chi connectivity index (χ4v) is 4.16. The molecule has 1 aliphatic heterocycles. The second-order valence-electron chi connectivity index (χ2n) is 7.79. The Morgan fingerprint density at radius 3 is 2.71 bits per heavy atom. The largest absolute Gasteiger partial charge is 0.497 e. The minimum Gasteiger partial charge on any atom is -0.497 e. The van der Waals surface area contributed by atoms with Crippen molar-refractivity contribution in [1.29, 1.82) is 0 Å². The summed E-state index contributed by atoms with van der Waals surface area (Å²) in [5.41, 5.74) is 4.26. The van der Waals surface area contributed by atoms with E-state index >= 15 is 0 Å². The van der Waals surface area contributed by atoms with E-state index in [4.69, 9.17) is 9.72 Å². The van der Waals surface area contributed by atoms with Gasteiger partial charge < -0.3 is 9.64 Å². The Morgan fingerprint density at radius 1 is 1.06 bits per heavy atom. The number of aryl methyl sites for hydroxylation is 1. The van der Waals surface area contributed by atoms with E-state index in [2.05, 4.69) is 43.5 Å². The summed E-state index contributed by atoms with van der Waals surface area (Å²) < 4.78 is 9.48. The van der Waals surface area contributed by atoms with Gasteiger partial charge >= 0.3 is 0 Å². The maximum atomic E-state index is 5.38. The first-order chi connectivity index (χ1) is 15.2. The lowest BCUT2D eigenvalue weighted by molar-refractivity contribution is 0.249. The number of fused-ring (bicyclic) bond motifs is 1. The molecule has 0 aliphatic carbocycles. The van der Waals surface area contributed by atoms with Crippen LogP contribution in [0.5, 0.6) is 5.75 Å². The fourth-order valence-electron chi connectivity index (χ4n) is 4.16. The summed E-state index contributed by atoms with van der Waals surface area (Å²) in [6.07, 6.45) is 9.86. The highest BCUT2D eigenvalue weighted by atomic mass is 16.5. The van der Waals surface area contributed by atoms with Crippen LogP contribution < -0.4 is 9.64 Å². The molecule has 0 unspecified atom stereocenters. The van der Waals surface area contributed by atoms with E-state index in [-0.39, 0.29) is 0 Å². The summed E-state index contributed by atoms with van der Waals surface area (Å²) in [5, 5.41) is 4.39. The molecule has 8 nitrogen and oxygen atoms in total. The van der Waals surface area contributed by atoms with Crippen molar-refractivity contribution in [3.05, 3.63) is 60.8 Å². The van der Waals surface area contributed by atoms with Gasteiger partial charge in [0.15, 0.2) is 11.5 Å². The van der Waals surface area contributed by atoms with Gasteiger partial charge in [0.25, 0.3) is 0 Å². The Bertz CT molecular complexity index is 1170. The maximum absolute atomic E-state index is 5.38. The standard InChI is InChI=1S/C23H27N7O/c1-3-29-17-18(14-26-29)16-27-9-11-28(12-10-27)22-23-25-15-21(30(23)8-7-24-22)19-5-4-6-20(13-19)31-2/h4-8,13-15,17H,3,9-12,16H2,1-2H3. The lowest BCUT2D eigenvalue weighted by Gasteiger charge is -2.35. The summed E-state index contributed by atoms with van der Waals surface area (Å²) >= 11 is 0. The molecular weight excluding hydrogens is 390 g/mol. The van der Waals surface area contributed by atoms with E-state index in [1.54, 1.807) is 7.11 Å². The second-order valence-corrected chi connectivity index (χ2v) is 7.79. The van der Waals surface area contributed by atoms with Crippen molar-refractivity contribution in [3.63, 3.8) is 0 Å². The molecule has 3 aromatic heterocycles. The normalized spacial score (nSPS) is 15.0. The van der Waals surface area contributed by atoms with E-state index in [1.165, 1.54) is 5.56 Å². The van der Waals surface area contributed by atoms with Gasteiger partial charge in [-0.2, -0.15) is 5.10 Å². The number of aromatic nitrogens is 5. The predicted octanol–water partition coefficient (Wildman–Crippen LogP) is 2.94. The Balaban J connectivity index is 1.33. The summed E-state index contributed by atoms with van der Waals surface area (Å²) in [5.74, 6) is 1.78. The monoisotopic (exact) mass is 417 g/mol. The summed E-state index contributed by atoms with van der Waals surface area (Å²) in [6.45, 7) is 7.79. The van der Waals surface area contributed by atoms with Crippen LogP contribution in [-0.4, -0.2) is 62.3 Å². The molecule has 0 bridgehead atoms. The zero-order valence-corrected chi connectivity index (χ0v) is 18.0. The van der Waals surface area contributed by atoms with E-state index in [0.29, 0.717) is 0 Å². The van der Waals surface area contributed by atoms with Crippen molar-refractivity contribution < 1.29 is 4.74 Å². The Labute approximate surface area is 181 Å². The molecule has 0 saturated carbocycles. The molecule has 1 aliphatic rings. The SMILES string of the molecule is CCn1cc(CN2CCN(c3nccn4c(-c5cccc(OC)c5)cnc34)CC2)cn1.